The van der Waals surface area contributed by atoms with E-state index in [0.29, 0.717) is 6.16 Å². The standard InChI is InChI=1S/C23H45O4P/c1-3-5-6-7-8-9-10-11-12-13-14-15-16-17-18-19-21-28(25,26)22-20-27-23(24)4-2/h4H,2-3,5-22H2,1H3,(H,25,26). The summed E-state index contributed by atoms with van der Waals surface area (Å²) in [7, 11) is -3.16. The van der Waals surface area contributed by atoms with Gasteiger partial charge in [0.15, 0.2) is 0 Å². The molecule has 0 aliphatic rings. The molecule has 0 heterocycles. The fourth-order valence-corrected chi connectivity index (χ4v) is 4.68. The summed E-state index contributed by atoms with van der Waals surface area (Å²) in [6, 6.07) is 0. The van der Waals surface area contributed by atoms with Crippen LogP contribution in [0.15, 0.2) is 12.7 Å². The molecule has 0 aromatic carbocycles. The highest BCUT2D eigenvalue weighted by molar-refractivity contribution is 7.58. The maximum atomic E-state index is 12.0. The molecule has 0 aliphatic heterocycles. The predicted molar refractivity (Wildman–Crippen MR) is 120 cm³/mol. The number of esters is 1. The summed E-state index contributed by atoms with van der Waals surface area (Å²) in [4.78, 5) is 20.8. The average molecular weight is 417 g/mol. The molecule has 0 radical (unpaired) electrons. The van der Waals surface area contributed by atoms with E-state index in [-0.39, 0.29) is 12.8 Å². The van der Waals surface area contributed by atoms with Crippen LogP contribution in [0.5, 0.6) is 0 Å². The highest BCUT2D eigenvalue weighted by atomic mass is 31.2. The van der Waals surface area contributed by atoms with E-state index in [2.05, 4.69) is 13.5 Å². The zero-order valence-corrected chi connectivity index (χ0v) is 19.2. The van der Waals surface area contributed by atoms with Crippen LogP contribution in [-0.2, 0) is 14.1 Å². The van der Waals surface area contributed by atoms with Gasteiger partial charge in [0.1, 0.15) is 6.61 Å². The molecule has 28 heavy (non-hydrogen) atoms. The Labute approximate surface area is 174 Å². The highest BCUT2D eigenvalue weighted by Gasteiger charge is 2.17. The molecule has 1 unspecified atom stereocenters. The lowest BCUT2D eigenvalue weighted by molar-refractivity contribution is -0.137. The monoisotopic (exact) mass is 416 g/mol. The van der Waals surface area contributed by atoms with Crippen molar-refractivity contribution >= 4 is 13.3 Å². The summed E-state index contributed by atoms with van der Waals surface area (Å²) < 4.78 is 16.7. The van der Waals surface area contributed by atoms with E-state index in [0.717, 1.165) is 25.3 Å². The summed E-state index contributed by atoms with van der Waals surface area (Å²) in [6.07, 6.45) is 22.1. The Morgan fingerprint density at radius 2 is 1.18 bits per heavy atom. The van der Waals surface area contributed by atoms with Crippen molar-refractivity contribution in [3.05, 3.63) is 12.7 Å². The van der Waals surface area contributed by atoms with E-state index in [1.165, 1.54) is 83.5 Å². The molecule has 0 aliphatic carbocycles. The van der Waals surface area contributed by atoms with E-state index >= 15 is 0 Å². The minimum atomic E-state index is -3.16. The molecule has 0 aromatic heterocycles. The Morgan fingerprint density at radius 3 is 1.57 bits per heavy atom. The first-order valence-corrected chi connectivity index (χ1v) is 13.6. The third-order valence-electron chi connectivity index (χ3n) is 5.21. The van der Waals surface area contributed by atoms with Crippen molar-refractivity contribution in [3.63, 3.8) is 0 Å². The molecule has 166 valence electrons. The van der Waals surface area contributed by atoms with E-state index in [4.69, 9.17) is 4.74 Å². The lowest BCUT2D eigenvalue weighted by Crippen LogP contribution is -2.07. The lowest BCUT2D eigenvalue weighted by Gasteiger charge is -2.11. The molecule has 1 N–H and O–H groups in total. The van der Waals surface area contributed by atoms with Crippen molar-refractivity contribution < 1.29 is 19.0 Å². The van der Waals surface area contributed by atoms with E-state index in [9.17, 15) is 14.3 Å². The fraction of sp³-hybridized carbons (Fsp3) is 0.870. The second-order valence-electron chi connectivity index (χ2n) is 7.97. The fourth-order valence-electron chi connectivity index (χ4n) is 3.37. The molecule has 0 amide bonds. The Bertz CT molecular complexity index is 423. The topological polar surface area (TPSA) is 63.6 Å². The number of carbonyl (C=O) groups excluding carboxylic acids is 1. The van der Waals surface area contributed by atoms with Crippen LogP contribution >= 0.6 is 7.37 Å². The first-order chi connectivity index (χ1) is 13.5. The van der Waals surface area contributed by atoms with Crippen LogP contribution < -0.4 is 0 Å². The van der Waals surface area contributed by atoms with Crippen molar-refractivity contribution in [1.29, 1.82) is 0 Å². The number of ether oxygens (including phenoxy) is 1. The van der Waals surface area contributed by atoms with E-state index < -0.39 is 13.3 Å². The second kappa shape index (κ2) is 19.7. The van der Waals surface area contributed by atoms with Gasteiger partial charge < -0.3 is 9.63 Å². The van der Waals surface area contributed by atoms with Crippen molar-refractivity contribution in [2.45, 2.75) is 110 Å². The maximum Gasteiger partial charge on any atom is 0.330 e. The zero-order valence-electron chi connectivity index (χ0n) is 18.3. The van der Waals surface area contributed by atoms with Crippen LogP contribution in [0.1, 0.15) is 110 Å². The van der Waals surface area contributed by atoms with Crippen molar-refractivity contribution in [2.24, 2.45) is 0 Å². The molecular weight excluding hydrogens is 371 g/mol. The number of unbranched alkanes of at least 4 members (excludes halogenated alkanes) is 15. The van der Waals surface area contributed by atoms with Gasteiger partial charge in [0, 0.05) is 12.2 Å². The smallest absolute Gasteiger partial charge is 0.330 e. The minimum absolute atomic E-state index is 0.00249. The van der Waals surface area contributed by atoms with E-state index in [1.807, 2.05) is 0 Å². The Kier molecular flexibility index (Phi) is 19.3. The van der Waals surface area contributed by atoms with Crippen molar-refractivity contribution in [3.8, 4) is 0 Å². The number of hydrogen-bond acceptors (Lipinski definition) is 3. The van der Waals surface area contributed by atoms with Crippen LogP contribution in [0.25, 0.3) is 0 Å². The molecule has 0 saturated carbocycles. The molecule has 0 spiro atoms. The number of hydrogen-bond donors (Lipinski definition) is 1. The van der Waals surface area contributed by atoms with Crippen LogP contribution in [0.4, 0.5) is 0 Å². The highest BCUT2D eigenvalue weighted by Crippen LogP contribution is 2.41. The van der Waals surface area contributed by atoms with Gasteiger partial charge in [-0.3, -0.25) is 4.57 Å². The summed E-state index contributed by atoms with van der Waals surface area (Å²) in [5.74, 6) is -0.539. The molecule has 4 nitrogen and oxygen atoms in total. The SMILES string of the molecule is C=CC(=O)OCCP(=O)(O)CCCCCCCCCCCCCCCCCC. The summed E-state index contributed by atoms with van der Waals surface area (Å²) in [5, 5.41) is 0. The van der Waals surface area contributed by atoms with Gasteiger partial charge in [-0.25, -0.2) is 4.79 Å². The second-order valence-corrected chi connectivity index (χ2v) is 10.6. The first kappa shape index (κ1) is 27.4. The van der Waals surface area contributed by atoms with Gasteiger partial charge in [0.25, 0.3) is 0 Å². The summed E-state index contributed by atoms with van der Waals surface area (Å²) >= 11 is 0. The summed E-state index contributed by atoms with van der Waals surface area (Å²) in [6.45, 7) is 5.56. The molecule has 0 aromatic rings. The molecule has 0 rings (SSSR count). The normalized spacial score (nSPS) is 13.2. The van der Waals surface area contributed by atoms with Gasteiger partial charge in [0.2, 0.25) is 7.37 Å². The quantitative estimate of drug-likeness (QED) is 0.0926. The van der Waals surface area contributed by atoms with Crippen molar-refractivity contribution in [1.82, 2.24) is 0 Å². The summed E-state index contributed by atoms with van der Waals surface area (Å²) in [5.41, 5.74) is 0. The predicted octanol–water partition coefficient (Wildman–Crippen LogP) is 7.25. The van der Waals surface area contributed by atoms with Crippen LogP contribution in [-0.4, -0.2) is 29.8 Å². The van der Waals surface area contributed by atoms with Gasteiger partial charge in [-0.1, -0.05) is 110 Å². The largest absolute Gasteiger partial charge is 0.462 e. The minimum Gasteiger partial charge on any atom is -0.462 e. The van der Waals surface area contributed by atoms with Crippen molar-refractivity contribution in [2.75, 3.05) is 18.9 Å². The Morgan fingerprint density at radius 1 is 0.786 bits per heavy atom. The lowest BCUT2D eigenvalue weighted by atomic mass is 10.0. The van der Waals surface area contributed by atoms with Gasteiger partial charge in [-0.2, -0.15) is 0 Å². The van der Waals surface area contributed by atoms with Crippen LogP contribution in [0.2, 0.25) is 0 Å². The van der Waals surface area contributed by atoms with Gasteiger partial charge in [0.05, 0.1) is 6.16 Å². The first-order valence-electron chi connectivity index (χ1n) is 11.6. The number of rotatable bonds is 21. The molecule has 1 atom stereocenters. The molecule has 0 bridgehead atoms. The third kappa shape index (κ3) is 20.1. The van der Waals surface area contributed by atoms with Crippen LogP contribution in [0.3, 0.4) is 0 Å². The molecule has 0 saturated heterocycles. The molecule has 0 fully saturated rings. The maximum absolute atomic E-state index is 12.0. The van der Waals surface area contributed by atoms with Crippen LogP contribution in [0, 0.1) is 0 Å². The van der Waals surface area contributed by atoms with E-state index in [1.54, 1.807) is 0 Å². The molecular formula is C23H45O4P. The van der Waals surface area contributed by atoms with Gasteiger partial charge in [-0.15, -0.1) is 0 Å². The third-order valence-corrected chi connectivity index (χ3v) is 7.11. The number of carbonyl (C=O) groups is 1. The molecule has 5 heteroatoms. The average Bonchev–Trinajstić information content (AvgIpc) is 2.67. The zero-order chi connectivity index (χ0) is 20.9. The van der Waals surface area contributed by atoms with Gasteiger partial charge >= 0.3 is 5.97 Å². The Hall–Kier alpha value is -0.600. The Balaban J connectivity index is 3.29. The van der Waals surface area contributed by atoms with Gasteiger partial charge in [-0.05, 0) is 6.42 Å².